The molecule has 1 aliphatic rings. The van der Waals surface area contributed by atoms with E-state index in [0.29, 0.717) is 11.6 Å². The molecular formula is C13H16N2O. The van der Waals surface area contributed by atoms with Gasteiger partial charge in [0.2, 0.25) is 0 Å². The minimum absolute atomic E-state index is 0.376. The van der Waals surface area contributed by atoms with E-state index in [-0.39, 0.29) is 0 Å². The lowest BCUT2D eigenvalue weighted by atomic mass is 10.1. The number of nitrogens with zero attached hydrogens (tertiary/aromatic N) is 1. The zero-order valence-electron chi connectivity index (χ0n) is 9.49. The molecule has 0 aliphatic carbocycles. The first kappa shape index (κ1) is 11.0. The van der Waals surface area contributed by atoms with Crippen molar-refractivity contribution in [2.45, 2.75) is 25.8 Å². The van der Waals surface area contributed by atoms with Crippen LogP contribution in [0.1, 0.15) is 24.0 Å². The van der Waals surface area contributed by atoms with Crippen LogP contribution in [0.3, 0.4) is 0 Å². The third-order valence-corrected chi connectivity index (χ3v) is 2.89. The SMILES string of the molecule is Cc1ccc(C#N)cc1NC1CCCOC1. The molecule has 1 N–H and O–H groups in total. The topological polar surface area (TPSA) is 45.0 Å². The van der Waals surface area contributed by atoms with Gasteiger partial charge in [-0.1, -0.05) is 6.07 Å². The Hall–Kier alpha value is -1.53. The van der Waals surface area contributed by atoms with Gasteiger partial charge < -0.3 is 10.1 Å². The molecule has 0 spiro atoms. The zero-order valence-corrected chi connectivity index (χ0v) is 9.49. The maximum Gasteiger partial charge on any atom is 0.0992 e. The number of anilines is 1. The minimum Gasteiger partial charge on any atom is -0.380 e. The first-order valence-corrected chi connectivity index (χ1v) is 5.64. The third-order valence-electron chi connectivity index (χ3n) is 2.89. The predicted octanol–water partition coefficient (Wildman–Crippen LogP) is 2.46. The number of ether oxygens (including phenoxy) is 1. The number of rotatable bonds is 2. The number of nitrogens with one attached hydrogen (secondary N) is 1. The van der Waals surface area contributed by atoms with Crippen LogP contribution in [-0.2, 0) is 4.74 Å². The average Bonchev–Trinajstić information content (AvgIpc) is 2.33. The molecule has 1 aromatic rings. The molecule has 84 valence electrons. The normalized spacial score (nSPS) is 20.1. The van der Waals surface area contributed by atoms with Gasteiger partial charge in [-0.2, -0.15) is 5.26 Å². The average molecular weight is 216 g/mol. The third kappa shape index (κ3) is 2.53. The van der Waals surface area contributed by atoms with E-state index in [4.69, 9.17) is 10.00 Å². The highest BCUT2D eigenvalue weighted by Crippen LogP contribution is 2.19. The molecule has 1 heterocycles. The van der Waals surface area contributed by atoms with Gasteiger partial charge in [0, 0.05) is 18.3 Å². The van der Waals surface area contributed by atoms with E-state index in [2.05, 4.69) is 11.4 Å². The van der Waals surface area contributed by atoms with E-state index >= 15 is 0 Å². The maximum atomic E-state index is 8.86. The molecule has 0 amide bonds. The Labute approximate surface area is 96.0 Å². The lowest BCUT2D eigenvalue weighted by molar-refractivity contribution is 0.0876. The fourth-order valence-corrected chi connectivity index (χ4v) is 1.92. The Morgan fingerprint density at radius 3 is 3.06 bits per heavy atom. The van der Waals surface area contributed by atoms with Crippen LogP contribution in [0.15, 0.2) is 18.2 Å². The van der Waals surface area contributed by atoms with Gasteiger partial charge in [-0.3, -0.25) is 0 Å². The summed E-state index contributed by atoms with van der Waals surface area (Å²) < 4.78 is 5.42. The van der Waals surface area contributed by atoms with Crippen LogP contribution in [0.25, 0.3) is 0 Å². The van der Waals surface area contributed by atoms with Gasteiger partial charge in [0.1, 0.15) is 0 Å². The molecule has 2 rings (SSSR count). The predicted molar refractivity (Wildman–Crippen MR) is 63.4 cm³/mol. The second-order valence-electron chi connectivity index (χ2n) is 4.20. The highest BCUT2D eigenvalue weighted by Gasteiger charge is 2.14. The second-order valence-corrected chi connectivity index (χ2v) is 4.20. The summed E-state index contributed by atoms with van der Waals surface area (Å²) >= 11 is 0. The van der Waals surface area contributed by atoms with Crippen LogP contribution in [0.4, 0.5) is 5.69 Å². The van der Waals surface area contributed by atoms with Crippen LogP contribution in [0.5, 0.6) is 0 Å². The maximum absolute atomic E-state index is 8.86. The van der Waals surface area contributed by atoms with E-state index in [9.17, 15) is 0 Å². The molecule has 3 nitrogen and oxygen atoms in total. The van der Waals surface area contributed by atoms with Crippen molar-refractivity contribution >= 4 is 5.69 Å². The highest BCUT2D eigenvalue weighted by atomic mass is 16.5. The summed E-state index contributed by atoms with van der Waals surface area (Å²) in [6.45, 7) is 3.68. The summed E-state index contributed by atoms with van der Waals surface area (Å²) in [5, 5.41) is 12.3. The summed E-state index contributed by atoms with van der Waals surface area (Å²) in [5.74, 6) is 0. The van der Waals surface area contributed by atoms with Crippen LogP contribution in [0, 0.1) is 18.3 Å². The van der Waals surface area contributed by atoms with Crippen molar-refractivity contribution in [2.24, 2.45) is 0 Å². The summed E-state index contributed by atoms with van der Waals surface area (Å²) in [4.78, 5) is 0. The molecule has 16 heavy (non-hydrogen) atoms. The van der Waals surface area contributed by atoms with E-state index in [1.165, 1.54) is 5.56 Å². The number of benzene rings is 1. The van der Waals surface area contributed by atoms with Crippen LogP contribution in [-0.4, -0.2) is 19.3 Å². The zero-order chi connectivity index (χ0) is 11.4. The number of hydrogen-bond donors (Lipinski definition) is 1. The van der Waals surface area contributed by atoms with Gasteiger partial charge >= 0.3 is 0 Å². The lowest BCUT2D eigenvalue weighted by Crippen LogP contribution is -2.30. The molecule has 0 radical (unpaired) electrons. The molecular weight excluding hydrogens is 200 g/mol. The van der Waals surface area contributed by atoms with Crippen LogP contribution < -0.4 is 5.32 Å². The van der Waals surface area contributed by atoms with Gasteiger partial charge in [0.25, 0.3) is 0 Å². The van der Waals surface area contributed by atoms with Crippen LogP contribution in [0.2, 0.25) is 0 Å². The molecule has 1 saturated heterocycles. The smallest absolute Gasteiger partial charge is 0.0992 e. The monoisotopic (exact) mass is 216 g/mol. The van der Waals surface area contributed by atoms with Crippen molar-refractivity contribution in [2.75, 3.05) is 18.5 Å². The second kappa shape index (κ2) is 5.00. The first-order chi connectivity index (χ1) is 7.79. The summed E-state index contributed by atoms with van der Waals surface area (Å²) in [6, 6.07) is 8.27. The van der Waals surface area contributed by atoms with E-state index < -0.39 is 0 Å². The molecule has 3 heteroatoms. The Morgan fingerprint density at radius 2 is 2.38 bits per heavy atom. The van der Waals surface area contributed by atoms with Crippen molar-refractivity contribution in [3.05, 3.63) is 29.3 Å². The Morgan fingerprint density at radius 1 is 1.50 bits per heavy atom. The summed E-state index contributed by atoms with van der Waals surface area (Å²) in [7, 11) is 0. The molecule has 1 aromatic carbocycles. The summed E-state index contributed by atoms with van der Waals surface area (Å²) in [5.41, 5.74) is 2.92. The van der Waals surface area contributed by atoms with E-state index in [0.717, 1.165) is 31.7 Å². The lowest BCUT2D eigenvalue weighted by Gasteiger charge is -2.25. The Bertz CT molecular complexity index is 403. The molecule has 1 aliphatic heterocycles. The number of hydrogen-bond acceptors (Lipinski definition) is 3. The Kier molecular flexibility index (Phi) is 3.43. The molecule has 0 bridgehead atoms. The Balaban J connectivity index is 2.10. The standard InChI is InChI=1S/C13H16N2O/c1-10-4-5-11(8-14)7-13(10)15-12-3-2-6-16-9-12/h4-5,7,12,15H,2-3,6,9H2,1H3. The quantitative estimate of drug-likeness (QED) is 0.826. The van der Waals surface area contributed by atoms with Crippen molar-refractivity contribution in [3.8, 4) is 6.07 Å². The van der Waals surface area contributed by atoms with Crippen LogP contribution >= 0.6 is 0 Å². The van der Waals surface area contributed by atoms with Gasteiger partial charge in [-0.15, -0.1) is 0 Å². The van der Waals surface area contributed by atoms with Crippen molar-refractivity contribution in [1.82, 2.24) is 0 Å². The van der Waals surface area contributed by atoms with E-state index in [1.54, 1.807) is 0 Å². The largest absolute Gasteiger partial charge is 0.380 e. The molecule has 1 atom stereocenters. The molecule has 0 aromatic heterocycles. The van der Waals surface area contributed by atoms with Crippen molar-refractivity contribution in [3.63, 3.8) is 0 Å². The van der Waals surface area contributed by atoms with Crippen molar-refractivity contribution < 1.29 is 4.74 Å². The van der Waals surface area contributed by atoms with E-state index in [1.807, 2.05) is 25.1 Å². The fraction of sp³-hybridized carbons (Fsp3) is 0.462. The molecule has 0 saturated carbocycles. The van der Waals surface area contributed by atoms with Gasteiger partial charge in [0.15, 0.2) is 0 Å². The molecule has 1 fully saturated rings. The fourth-order valence-electron chi connectivity index (χ4n) is 1.92. The minimum atomic E-state index is 0.376. The van der Waals surface area contributed by atoms with Gasteiger partial charge in [-0.05, 0) is 37.5 Å². The summed E-state index contributed by atoms with van der Waals surface area (Å²) in [6.07, 6.45) is 2.24. The number of aryl methyl sites for hydroxylation is 1. The van der Waals surface area contributed by atoms with Gasteiger partial charge in [-0.25, -0.2) is 0 Å². The van der Waals surface area contributed by atoms with Gasteiger partial charge in [0.05, 0.1) is 18.2 Å². The van der Waals surface area contributed by atoms with Crippen molar-refractivity contribution in [1.29, 1.82) is 5.26 Å². The molecule has 1 unspecified atom stereocenters. The first-order valence-electron chi connectivity index (χ1n) is 5.64. The highest BCUT2D eigenvalue weighted by molar-refractivity contribution is 5.55. The number of nitriles is 1.